The highest BCUT2D eigenvalue weighted by Gasteiger charge is 2.36. The number of rotatable bonds is 5. The maximum absolute atomic E-state index is 13.6. The Morgan fingerprint density at radius 1 is 1.46 bits per heavy atom. The molecule has 0 amide bonds. The maximum atomic E-state index is 13.6. The van der Waals surface area contributed by atoms with Gasteiger partial charge in [0.2, 0.25) is 0 Å². The van der Waals surface area contributed by atoms with Crippen molar-refractivity contribution in [3.63, 3.8) is 0 Å². The van der Waals surface area contributed by atoms with Crippen molar-refractivity contribution in [2.24, 2.45) is 0 Å². The molecule has 0 saturated heterocycles. The molecular weight excluding hydrogens is 403 g/mol. The second-order valence-corrected chi connectivity index (χ2v) is 7.01. The number of benzene rings is 1. The van der Waals surface area contributed by atoms with Crippen LogP contribution in [0.1, 0.15) is 32.3 Å². The molecule has 0 aliphatic carbocycles. The second kappa shape index (κ2) is 8.47. The Morgan fingerprint density at radius 3 is 2.69 bits per heavy atom. The molecule has 0 bridgehead atoms. The first-order valence-corrected chi connectivity index (χ1v) is 8.85. The Balaban J connectivity index is 2.70. The first-order valence-electron chi connectivity index (χ1n) is 8.05. The Bertz CT molecular complexity index is 825. The number of hydrogen-bond acceptors (Lipinski definition) is 5. The summed E-state index contributed by atoms with van der Waals surface area (Å²) in [5.41, 5.74) is 2.40. The zero-order chi connectivity index (χ0) is 19.4. The Kier molecular flexibility index (Phi) is 6.57. The Labute approximate surface area is 160 Å². The first-order chi connectivity index (χ1) is 12.3. The molecule has 1 aliphatic heterocycles. The van der Waals surface area contributed by atoms with Crippen molar-refractivity contribution in [1.29, 1.82) is 5.26 Å². The molecule has 2 rings (SSSR count). The molecule has 0 saturated carbocycles. The smallest absolute Gasteiger partial charge is 0.337 e. The van der Waals surface area contributed by atoms with Crippen molar-refractivity contribution in [1.82, 2.24) is 5.32 Å². The molecule has 1 heterocycles. The molecule has 1 N–H and O–H groups in total. The minimum atomic E-state index is -0.687. The number of hydrogen-bond donors (Lipinski definition) is 1. The van der Waals surface area contributed by atoms with E-state index >= 15 is 0 Å². The van der Waals surface area contributed by atoms with Crippen LogP contribution in [0.3, 0.4) is 0 Å². The number of carbonyl (C=O) groups excluding carboxylic acids is 1. The van der Waals surface area contributed by atoms with E-state index in [0.717, 1.165) is 0 Å². The third-order valence-corrected chi connectivity index (χ3v) is 4.58. The van der Waals surface area contributed by atoms with Crippen LogP contribution in [0, 0.1) is 17.1 Å². The van der Waals surface area contributed by atoms with Gasteiger partial charge in [0.05, 0.1) is 41.5 Å². The van der Waals surface area contributed by atoms with Crippen molar-refractivity contribution < 1.29 is 18.7 Å². The van der Waals surface area contributed by atoms with Gasteiger partial charge >= 0.3 is 5.97 Å². The lowest BCUT2D eigenvalue weighted by molar-refractivity contribution is -0.143. The van der Waals surface area contributed by atoms with Crippen LogP contribution in [0.25, 0.3) is 0 Å². The maximum Gasteiger partial charge on any atom is 0.337 e. The summed E-state index contributed by atoms with van der Waals surface area (Å²) in [4.78, 5) is 12.8. The summed E-state index contributed by atoms with van der Waals surface area (Å²) in [5, 5.41) is 12.8. The number of esters is 1. The summed E-state index contributed by atoms with van der Waals surface area (Å²) < 4.78 is 24.6. The van der Waals surface area contributed by atoms with E-state index in [0.29, 0.717) is 27.0 Å². The van der Waals surface area contributed by atoms with Crippen LogP contribution in [0.15, 0.2) is 45.2 Å². The van der Waals surface area contributed by atoms with E-state index in [1.54, 1.807) is 26.8 Å². The van der Waals surface area contributed by atoms with E-state index in [1.165, 1.54) is 19.2 Å². The number of ether oxygens (including phenoxy) is 2. The molecule has 5 nitrogen and oxygen atoms in total. The fourth-order valence-electron chi connectivity index (χ4n) is 2.87. The van der Waals surface area contributed by atoms with Gasteiger partial charge in [-0.2, -0.15) is 5.26 Å². The minimum absolute atomic E-state index is 0.147. The van der Waals surface area contributed by atoms with Gasteiger partial charge in [0, 0.05) is 17.3 Å². The van der Waals surface area contributed by atoms with E-state index in [-0.39, 0.29) is 18.3 Å². The lowest BCUT2D eigenvalue weighted by Gasteiger charge is -2.30. The SMILES string of the molecule is COCC1=C(C(=O)OC(C)C)C(c2ccc(F)cc2Br)C(C#N)=C(C)N1. The zero-order valence-corrected chi connectivity index (χ0v) is 16.6. The van der Waals surface area contributed by atoms with Gasteiger partial charge in [-0.25, -0.2) is 9.18 Å². The summed E-state index contributed by atoms with van der Waals surface area (Å²) in [6.45, 7) is 5.40. The fraction of sp³-hybridized carbons (Fsp3) is 0.368. The van der Waals surface area contributed by atoms with Gasteiger partial charge in [0.1, 0.15) is 5.82 Å². The average molecular weight is 423 g/mol. The van der Waals surface area contributed by atoms with Gasteiger partial charge < -0.3 is 14.8 Å². The standard InChI is InChI=1S/C19H20BrFN2O3/c1-10(2)26-19(24)18-16(9-25-4)23-11(3)14(8-22)17(18)13-6-5-12(21)7-15(13)20/h5-7,10,17,23H,9H2,1-4H3. The minimum Gasteiger partial charge on any atom is -0.460 e. The van der Waals surface area contributed by atoms with Crippen molar-refractivity contribution in [2.75, 3.05) is 13.7 Å². The average Bonchev–Trinajstić information content (AvgIpc) is 2.54. The zero-order valence-electron chi connectivity index (χ0n) is 15.0. The van der Waals surface area contributed by atoms with Crippen molar-refractivity contribution in [3.8, 4) is 6.07 Å². The molecule has 1 aliphatic rings. The summed E-state index contributed by atoms with van der Waals surface area (Å²) >= 11 is 3.35. The molecule has 0 spiro atoms. The number of carbonyl (C=O) groups is 1. The first kappa shape index (κ1) is 20.1. The van der Waals surface area contributed by atoms with Crippen LogP contribution in [-0.4, -0.2) is 25.8 Å². The molecule has 1 aromatic rings. The van der Waals surface area contributed by atoms with Crippen molar-refractivity contribution >= 4 is 21.9 Å². The summed E-state index contributed by atoms with van der Waals surface area (Å²) in [5.74, 6) is -1.64. The van der Waals surface area contributed by atoms with Crippen LogP contribution in [-0.2, 0) is 14.3 Å². The highest BCUT2D eigenvalue weighted by atomic mass is 79.9. The second-order valence-electron chi connectivity index (χ2n) is 6.15. The quantitative estimate of drug-likeness (QED) is 0.727. The lowest BCUT2D eigenvalue weighted by Crippen LogP contribution is -2.32. The predicted molar refractivity (Wildman–Crippen MR) is 98.4 cm³/mol. The third kappa shape index (κ3) is 4.14. The van der Waals surface area contributed by atoms with Gasteiger partial charge in [-0.3, -0.25) is 0 Å². The highest BCUT2D eigenvalue weighted by Crippen LogP contribution is 2.41. The van der Waals surface area contributed by atoms with Crippen LogP contribution in [0.2, 0.25) is 0 Å². The number of nitrogens with zero attached hydrogens (tertiary/aromatic N) is 1. The molecule has 0 aromatic heterocycles. The number of halogens is 2. The Morgan fingerprint density at radius 2 is 2.15 bits per heavy atom. The largest absolute Gasteiger partial charge is 0.460 e. The van der Waals surface area contributed by atoms with E-state index in [2.05, 4.69) is 27.3 Å². The summed E-state index contributed by atoms with van der Waals surface area (Å²) in [6.07, 6.45) is -0.325. The topological polar surface area (TPSA) is 71.3 Å². The highest BCUT2D eigenvalue weighted by molar-refractivity contribution is 9.10. The summed E-state index contributed by atoms with van der Waals surface area (Å²) in [7, 11) is 1.52. The molecule has 0 radical (unpaired) electrons. The van der Waals surface area contributed by atoms with Gasteiger partial charge in [-0.05, 0) is 38.5 Å². The number of nitriles is 1. The monoisotopic (exact) mass is 422 g/mol. The molecule has 0 fully saturated rings. The Hall–Kier alpha value is -2.17. The molecule has 26 heavy (non-hydrogen) atoms. The van der Waals surface area contributed by atoms with Crippen LogP contribution in [0.5, 0.6) is 0 Å². The number of dihydropyridines is 1. The molecule has 7 heteroatoms. The van der Waals surface area contributed by atoms with Crippen LogP contribution >= 0.6 is 15.9 Å². The van der Waals surface area contributed by atoms with E-state index in [9.17, 15) is 14.4 Å². The summed E-state index contributed by atoms with van der Waals surface area (Å²) in [6, 6.07) is 6.34. The molecule has 138 valence electrons. The normalized spacial score (nSPS) is 17.2. The number of allylic oxidation sites excluding steroid dienone is 2. The van der Waals surface area contributed by atoms with Crippen molar-refractivity contribution in [3.05, 3.63) is 56.6 Å². The van der Waals surface area contributed by atoms with Gasteiger partial charge in [-0.1, -0.05) is 22.0 Å². The molecule has 1 unspecified atom stereocenters. The van der Waals surface area contributed by atoms with Crippen LogP contribution < -0.4 is 5.32 Å². The van der Waals surface area contributed by atoms with E-state index in [1.807, 2.05) is 0 Å². The number of nitrogens with one attached hydrogen (secondary N) is 1. The van der Waals surface area contributed by atoms with Gasteiger partial charge in [0.25, 0.3) is 0 Å². The van der Waals surface area contributed by atoms with Gasteiger partial charge in [-0.15, -0.1) is 0 Å². The van der Waals surface area contributed by atoms with E-state index in [4.69, 9.17) is 9.47 Å². The third-order valence-electron chi connectivity index (χ3n) is 3.89. The number of methoxy groups -OCH3 is 1. The van der Waals surface area contributed by atoms with Gasteiger partial charge in [0.15, 0.2) is 0 Å². The van der Waals surface area contributed by atoms with E-state index < -0.39 is 17.7 Å². The fourth-order valence-corrected chi connectivity index (χ4v) is 3.45. The molecule has 1 aromatic carbocycles. The van der Waals surface area contributed by atoms with Crippen LogP contribution in [0.4, 0.5) is 4.39 Å². The van der Waals surface area contributed by atoms with Crippen molar-refractivity contribution in [2.45, 2.75) is 32.8 Å². The molecule has 1 atom stereocenters. The predicted octanol–water partition coefficient (Wildman–Crippen LogP) is 3.92. The lowest BCUT2D eigenvalue weighted by atomic mass is 9.81. The molecular formula is C19H20BrFN2O3.